The molecule has 0 saturated heterocycles. The zero-order valence-electron chi connectivity index (χ0n) is 12.4. The van der Waals surface area contributed by atoms with E-state index < -0.39 is 0 Å². The molecule has 2 heterocycles. The summed E-state index contributed by atoms with van der Waals surface area (Å²) in [4.78, 5) is 16.7. The van der Waals surface area contributed by atoms with Crippen molar-refractivity contribution < 1.29 is 4.74 Å². The van der Waals surface area contributed by atoms with E-state index in [1.54, 1.807) is 24.4 Å². The van der Waals surface area contributed by atoms with Gasteiger partial charge in [-0.15, -0.1) is 0 Å². The molecular formula is C16H9BrCl2IN3O2. The van der Waals surface area contributed by atoms with Crippen molar-refractivity contribution in [2.45, 2.75) is 6.61 Å². The summed E-state index contributed by atoms with van der Waals surface area (Å²) in [6.07, 6.45) is 3.19. The minimum atomic E-state index is -0.364. The third-order valence-corrected chi connectivity index (χ3v) is 5.32. The van der Waals surface area contributed by atoms with E-state index in [0.29, 0.717) is 21.5 Å². The Hall–Kier alpha value is -1.16. The fraction of sp³-hybridized carbons (Fsp3) is 0.0625. The molecule has 9 heteroatoms. The van der Waals surface area contributed by atoms with Crippen molar-refractivity contribution in [3.8, 4) is 11.4 Å². The van der Waals surface area contributed by atoms with Crippen molar-refractivity contribution in [2.24, 2.45) is 0 Å². The molecule has 0 N–H and O–H groups in total. The number of hydrogen-bond donors (Lipinski definition) is 0. The van der Waals surface area contributed by atoms with E-state index in [9.17, 15) is 4.79 Å². The SMILES string of the molecule is O=c1c(Br)c(OCc2ccc(I)nc2)cnn1-c1ccc(Cl)c(Cl)c1. The molecular weight excluding hydrogens is 544 g/mol. The molecule has 0 bridgehead atoms. The Labute approximate surface area is 175 Å². The van der Waals surface area contributed by atoms with Gasteiger partial charge in [0, 0.05) is 11.8 Å². The summed E-state index contributed by atoms with van der Waals surface area (Å²) in [5, 5.41) is 4.89. The molecule has 0 unspecified atom stereocenters. The van der Waals surface area contributed by atoms with Gasteiger partial charge in [-0.3, -0.25) is 4.79 Å². The van der Waals surface area contributed by atoms with Crippen LogP contribution in [0.15, 0.2) is 52.0 Å². The van der Waals surface area contributed by atoms with Crippen LogP contribution < -0.4 is 10.3 Å². The van der Waals surface area contributed by atoms with Crippen LogP contribution in [-0.2, 0) is 6.61 Å². The topological polar surface area (TPSA) is 57.0 Å². The molecule has 0 saturated carbocycles. The quantitative estimate of drug-likeness (QED) is 0.342. The van der Waals surface area contributed by atoms with Crippen LogP contribution in [0.4, 0.5) is 0 Å². The smallest absolute Gasteiger partial charge is 0.289 e. The van der Waals surface area contributed by atoms with E-state index in [2.05, 4.69) is 48.6 Å². The van der Waals surface area contributed by atoms with Crippen LogP contribution >= 0.6 is 61.7 Å². The highest BCUT2D eigenvalue weighted by Gasteiger charge is 2.12. The second-order valence-electron chi connectivity index (χ2n) is 4.92. The Morgan fingerprint density at radius 2 is 1.96 bits per heavy atom. The Balaban J connectivity index is 1.86. The van der Waals surface area contributed by atoms with Gasteiger partial charge in [0.15, 0.2) is 5.75 Å². The standard InChI is InChI=1S/C16H9BrCl2IN3O2/c17-15-13(25-8-9-1-4-14(20)21-6-9)7-22-23(16(15)24)10-2-3-11(18)12(19)5-10/h1-7H,8H2. The number of pyridine rings is 1. The van der Waals surface area contributed by atoms with E-state index in [1.165, 1.54) is 10.9 Å². The van der Waals surface area contributed by atoms with E-state index in [1.807, 2.05) is 12.1 Å². The van der Waals surface area contributed by atoms with Crippen LogP contribution in [0.1, 0.15) is 5.56 Å². The highest BCUT2D eigenvalue weighted by atomic mass is 127. The van der Waals surface area contributed by atoms with Gasteiger partial charge in [-0.05, 0) is 62.8 Å². The summed E-state index contributed by atoms with van der Waals surface area (Å²) in [6, 6.07) is 8.63. The van der Waals surface area contributed by atoms with Gasteiger partial charge >= 0.3 is 0 Å². The number of nitrogens with zero attached hydrogens (tertiary/aromatic N) is 3. The number of halogens is 4. The number of benzene rings is 1. The molecule has 3 aromatic rings. The van der Waals surface area contributed by atoms with E-state index in [-0.39, 0.29) is 16.6 Å². The predicted molar refractivity (Wildman–Crippen MR) is 109 cm³/mol. The Morgan fingerprint density at radius 1 is 1.16 bits per heavy atom. The largest absolute Gasteiger partial charge is 0.486 e. The van der Waals surface area contributed by atoms with Crippen molar-refractivity contribution in [1.29, 1.82) is 0 Å². The Bertz CT molecular complexity index is 980. The maximum atomic E-state index is 12.5. The molecule has 25 heavy (non-hydrogen) atoms. The first-order chi connectivity index (χ1) is 12.0. The third kappa shape index (κ3) is 4.33. The first-order valence-corrected chi connectivity index (χ1v) is 9.55. The second kappa shape index (κ2) is 8.03. The van der Waals surface area contributed by atoms with Gasteiger partial charge in [0.1, 0.15) is 14.8 Å². The molecule has 128 valence electrons. The van der Waals surface area contributed by atoms with Crippen LogP contribution in [0.2, 0.25) is 10.0 Å². The second-order valence-corrected chi connectivity index (χ2v) is 7.63. The van der Waals surface area contributed by atoms with Crippen LogP contribution in [0.5, 0.6) is 5.75 Å². The van der Waals surface area contributed by atoms with Gasteiger partial charge in [-0.25, -0.2) is 4.98 Å². The van der Waals surface area contributed by atoms with Crippen LogP contribution in [-0.4, -0.2) is 14.8 Å². The molecule has 0 aliphatic rings. The summed E-state index contributed by atoms with van der Waals surface area (Å²) < 4.78 is 8.05. The van der Waals surface area contributed by atoms with Gasteiger partial charge in [0.2, 0.25) is 0 Å². The number of rotatable bonds is 4. The molecule has 0 spiro atoms. The normalized spacial score (nSPS) is 10.7. The van der Waals surface area contributed by atoms with Gasteiger partial charge in [0.25, 0.3) is 5.56 Å². The number of hydrogen-bond acceptors (Lipinski definition) is 4. The van der Waals surface area contributed by atoms with Crippen LogP contribution in [0, 0.1) is 3.70 Å². The Kier molecular flexibility index (Phi) is 5.98. The molecule has 0 aliphatic heterocycles. The van der Waals surface area contributed by atoms with E-state index in [0.717, 1.165) is 9.26 Å². The molecule has 2 aromatic heterocycles. The van der Waals surface area contributed by atoms with Crippen molar-refractivity contribution in [3.05, 3.63) is 76.9 Å². The number of ether oxygens (including phenoxy) is 1. The maximum absolute atomic E-state index is 12.5. The highest BCUT2D eigenvalue weighted by Crippen LogP contribution is 2.25. The zero-order chi connectivity index (χ0) is 18.0. The lowest BCUT2D eigenvalue weighted by Crippen LogP contribution is -2.22. The average molecular weight is 553 g/mol. The first-order valence-electron chi connectivity index (χ1n) is 6.92. The predicted octanol–water partition coefficient (Wildman–Crippen LogP) is 4.88. The Morgan fingerprint density at radius 3 is 2.64 bits per heavy atom. The summed E-state index contributed by atoms with van der Waals surface area (Å²) >= 11 is 17.3. The average Bonchev–Trinajstić information content (AvgIpc) is 2.60. The van der Waals surface area contributed by atoms with Crippen molar-refractivity contribution in [2.75, 3.05) is 0 Å². The highest BCUT2D eigenvalue weighted by molar-refractivity contribution is 14.1. The lowest BCUT2D eigenvalue weighted by molar-refractivity contribution is 0.300. The van der Waals surface area contributed by atoms with Gasteiger partial charge < -0.3 is 4.74 Å². The zero-order valence-corrected chi connectivity index (χ0v) is 17.7. The van der Waals surface area contributed by atoms with Crippen LogP contribution in [0.3, 0.4) is 0 Å². The van der Waals surface area contributed by atoms with Gasteiger partial charge in [0.05, 0.1) is 21.9 Å². The van der Waals surface area contributed by atoms with Gasteiger partial charge in [-0.1, -0.05) is 29.3 Å². The molecule has 0 aliphatic carbocycles. The molecule has 5 nitrogen and oxygen atoms in total. The summed E-state index contributed by atoms with van der Waals surface area (Å²) in [7, 11) is 0. The van der Waals surface area contributed by atoms with Crippen molar-refractivity contribution in [1.82, 2.24) is 14.8 Å². The van der Waals surface area contributed by atoms with Gasteiger partial charge in [-0.2, -0.15) is 9.78 Å². The monoisotopic (exact) mass is 551 g/mol. The lowest BCUT2D eigenvalue weighted by atomic mass is 10.3. The fourth-order valence-electron chi connectivity index (χ4n) is 1.97. The first kappa shape index (κ1) is 18.6. The minimum Gasteiger partial charge on any atom is -0.486 e. The minimum absolute atomic E-state index is 0.270. The molecule has 3 rings (SSSR count). The summed E-state index contributed by atoms with van der Waals surface area (Å²) in [6.45, 7) is 0.278. The van der Waals surface area contributed by atoms with Crippen LogP contribution in [0.25, 0.3) is 5.69 Å². The molecule has 0 atom stereocenters. The molecule has 0 amide bonds. The van der Waals surface area contributed by atoms with Crippen molar-refractivity contribution >= 4 is 61.7 Å². The summed E-state index contributed by atoms with van der Waals surface area (Å²) in [5.74, 6) is 0.347. The maximum Gasteiger partial charge on any atom is 0.289 e. The third-order valence-electron chi connectivity index (χ3n) is 3.22. The molecule has 0 fully saturated rings. The van der Waals surface area contributed by atoms with Crippen molar-refractivity contribution in [3.63, 3.8) is 0 Å². The molecule has 0 radical (unpaired) electrons. The fourth-order valence-corrected chi connectivity index (χ4v) is 2.97. The van der Waals surface area contributed by atoms with E-state index in [4.69, 9.17) is 27.9 Å². The molecule has 1 aromatic carbocycles. The number of aromatic nitrogens is 3. The summed E-state index contributed by atoms with van der Waals surface area (Å²) in [5.41, 5.74) is 1.03. The lowest BCUT2D eigenvalue weighted by Gasteiger charge is -2.10. The van der Waals surface area contributed by atoms with E-state index >= 15 is 0 Å².